The Hall–Kier alpha value is -0.870. The van der Waals surface area contributed by atoms with E-state index < -0.39 is 0 Å². The van der Waals surface area contributed by atoms with Crippen LogP contribution in [0.5, 0.6) is 0 Å². The van der Waals surface area contributed by atoms with Crippen LogP contribution >= 0.6 is 0 Å². The average Bonchev–Trinajstić information content (AvgIpc) is 2.73. The van der Waals surface area contributed by atoms with Crippen molar-refractivity contribution in [3.05, 3.63) is 17.7 Å². The van der Waals surface area contributed by atoms with Crippen LogP contribution in [-0.4, -0.2) is 35.0 Å². The van der Waals surface area contributed by atoms with Gasteiger partial charge in [-0.25, -0.2) is 4.98 Å². The van der Waals surface area contributed by atoms with Gasteiger partial charge < -0.3 is 14.4 Å². The topological polar surface area (TPSA) is 47.3 Å². The molecule has 0 bridgehead atoms. The normalized spacial score (nSPS) is 19.8. The Morgan fingerprint density at radius 2 is 2.50 bits per heavy atom. The van der Waals surface area contributed by atoms with Crippen LogP contribution in [0.25, 0.3) is 0 Å². The molecule has 4 heteroatoms. The number of aliphatic hydroxyl groups is 1. The van der Waals surface area contributed by atoms with Crippen molar-refractivity contribution in [1.29, 1.82) is 0 Å². The second-order valence-electron chi connectivity index (χ2n) is 4.36. The van der Waals surface area contributed by atoms with Gasteiger partial charge in [0.1, 0.15) is 5.82 Å². The molecule has 90 valence electrons. The zero-order valence-electron chi connectivity index (χ0n) is 9.85. The van der Waals surface area contributed by atoms with E-state index in [1.165, 1.54) is 5.69 Å². The smallest absolute Gasteiger partial charge is 0.109 e. The number of ether oxygens (including phenoxy) is 1. The minimum absolute atomic E-state index is 0.223. The number of hydrogen-bond donors (Lipinski definition) is 1. The number of hydrogen-bond acceptors (Lipinski definition) is 3. The van der Waals surface area contributed by atoms with Crippen LogP contribution in [0.3, 0.4) is 0 Å². The molecule has 0 saturated carbocycles. The average molecular weight is 224 g/mol. The highest BCUT2D eigenvalue weighted by Gasteiger charge is 2.21. The SMILES string of the molecule is COCCCc1ncc2n1C(CO)CCC2. The maximum absolute atomic E-state index is 9.38. The Kier molecular flexibility index (Phi) is 3.96. The van der Waals surface area contributed by atoms with E-state index in [9.17, 15) is 5.11 Å². The maximum atomic E-state index is 9.38. The number of aromatic nitrogens is 2. The van der Waals surface area contributed by atoms with Gasteiger partial charge in [-0.05, 0) is 25.7 Å². The van der Waals surface area contributed by atoms with Crippen molar-refractivity contribution >= 4 is 0 Å². The highest BCUT2D eigenvalue weighted by atomic mass is 16.5. The number of fused-ring (bicyclic) bond motifs is 1. The summed E-state index contributed by atoms with van der Waals surface area (Å²) >= 11 is 0. The van der Waals surface area contributed by atoms with Crippen molar-refractivity contribution in [1.82, 2.24) is 9.55 Å². The fourth-order valence-electron chi connectivity index (χ4n) is 2.45. The van der Waals surface area contributed by atoms with Gasteiger partial charge in [-0.15, -0.1) is 0 Å². The summed E-state index contributed by atoms with van der Waals surface area (Å²) in [5, 5.41) is 9.38. The van der Waals surface area contributed by atoms with Crippen LogP contribution in [0.15, 0.2) is 6.20 Å². The largest absolute Gasteiger partial charge is 0.394 e. The summed E-state index contributed by atoms with van der Waals surface area (Å²) in [6.45, 7) is 0.993. The number of rotatable bonds is 5. The van der Waals surface area contributed by atoms with Crippen molar-refractivity contribution in [3.63, 3.8) is 0 Å². The summed E-state index contributed by atoms with van der Waals surface area (Å²) in [6.07, 6.45) is 7.21. The zero-order valence-corrected chi connectivity index (χ0v) is 9.85. The minimum atomic E-state index is 0.223. The second-order valence-corrected chi connectivity index (χ2v) is 4.36. The molecular weight excluding hydrogens is 204 g/mol. The summed E-state index contributed by atoms with van der Waals surface area (Å²) in [6, 6.07) is 0.240. The van der Waals surface area contributed by atoms with Crippen molar-refractivity contribution < 1.29 is 9.84 Å². The molecule has 2 rings (SSSR count). The highest BCUT2D eigenvalue weighted by Crippen LogP contribution is 2.26. The van der Waals surface area contributed by atoms with Crippen LogP contribution in [0.4, 0.5) is 0 Å². The molecule has 0 amide bonds. The van der Waals surface area contributed by atoms with Gasteiger partial charge in [0.2, 0.25) is 0 Å². The quantitative estimate of drug-likeness (QED) is 0.768. The van der Waals surface area contributed by atoms with E-state index in [0.29, 0.717) is 0 Å². The number of aliphatic hydroxyl groups excluding tert-OH is 1. The van der Waals surface area contributed by atoms with E-state index in [1.54, 1.807) is 7.11 Å². The summed E-state index contributed by atoms with van der Waals surface area (Å²) in [5.41, 5.74) is 1.28. The van der Waals surface area contributed by atoms with Gasteiger partial charge in [0.25, 0.3) is 0 Å². The molecule has 4 nitrogen and oxygen atoms in total. The summed E-state index contributed by atoms with van der Waals surface area (Å²) in [4.78, 5) is 4.46. The lowest BCUT2D eigenvalue weighted by molar-refractivity contribution is 0.189. The van der Waals surface area contributed by atoms with Crippen LogP contribution in [0.2, 0.25) is 0 Å². The van der Waals surface area contributed by atoms with Gasteiger partial charge in [-0.1, -0.05) is 0 Å². The molecule has 2 heterocycles. The molecule has 0 radical (unpaired) electrons. The van der Waals surface area contributed by atoms with Crippen molar-refractivity contribution in [2.24, 2.45) is 0 Å². The third-order valence-electron chi connectivity index (χ3n) is 3.25. The summed E-state index contributed by atoms with van der Waals surface area (Å²) < 4.78 is 7.29. The van der Waals surface area contributed by atoms with E-state index in [2.05, 4.69) is 9.55 Å². The van der Waals surface area contributed by atoms with Gasteiger partial charge in [0, 0.05) is 32.0 Å². The fraction of sp³-hybridized carbons (Fsp3) is 0.750. The Labute approximate surface area is 96.3 Å². The van der Waals surface area contributed by atoms with Gasteiger partial charge >= 0.3 is 0 Å². The number of nitrogens with zero attached hydrogens (tertiary/aromatic N) is 2. The molecule has 1 atom stereocenters. The molecule has 1 N–H and O–H groups in total. The Morgan fingerprint density at radius 1 is 1.62 bits per heavy atom. The monoisotopic (exact) mass is 224 g/mol. The molecule has 1 aliphatic heterocycles. The maximum Gasteiger partial charge on any atom is 0.109 e. The first-order valence-electron chi connectivity index (χ1n) is 6.01. The van der Waals surface area contributed by atoms with Crippen molar-refractivity contribution in [3.8, 4) is 0 Å². The molecule has 0 aromatic carbocycles. The first-order chi connectivity index (χ1) is 7.86. The van der Waals surface area contributed by atoms with Crippen LogP contribution < -0.4 is 0 Å². The number of methoxy groups -OCH3 is 1. The van der Waals surface area contributed by atoms with Crippen molar-refractivity contribution in [2.75, 3.05) is 20.3 Å². The third-order valence-corrected chi connectivity index (χ3v) is 3.25. The minimum Gasteiger partial charge on any atom is -0.394 e. The predicted molar refractivity (Wildman–Crippen MR) is 61.5 cm³/mol. The first kappa shape index (κ1) is 11.6. The molecule has 0 aliphatic carbocycles. The summed E-state index contributed by atoms with van der Waals surface area (Å²) in [5.74, 6) is 1.10. The third kappa shape index (κ3) is 2.28. The molecule has 1 unspecified atom stereocenters. The predicted octanol–water partition coefficient (Wildman–Crippen LogP) is 1.33. The Balaban J connectivity index is 2.10. The van der Waals surface area contributed by atoms with Crippen LogP contribution in [-0.2, 0) is 17.6 Å². The van der Waals surface area contributed by atoms with Gasteiger partial charge in [0.05, 0.1) is 12.6 Å². The number of aryl methyl sites for hydroxylation is 2. The van der Waals surface area contributed by atoms with Gasteiger partial charge in [-0.3, -0.25) is 0 Å². The molecule has 0 fully saturated rings. The lowest BCUT2D eigenvalue weighted by Crippen LogP contribution is -2.22. The molecule has 1 aliphatic rings. The lowest BCUT2D eigenvalue weighted by atomic mass is 10.0. The highest BCUT2D eigenvalue weighted by molar-refractivity contribution is 5.10. The van der Waals surface area contributed by atoms with Crippen LogP contribution in [0.1, 0.15) is 36.8 Å². The van der Waals surface area contributed by atoms with E-state index >= 15 is 0 Å². The molecule has 16 heavy (non-hydrogen) atoms. The van der Waals surface area contributed by atoms with Crippen molar-refractivity contribution in [2.45, 2.75) is 38.1 Å². The summed E-state index contributed by atoms with van der Waals surface area (Å²) in [7, 11) is 1.72. The standard InChI is InChI=1S/C12H20N2O2/c1-16-7-3-6-12-13-8-10-4-2-5-11(9-15)14(10)12/h8,11,15H,2-7,9H2,1H3. The molecule has 0 saturated heterocycles. The lowest BCUT2D eigenvalue weighted by Gasteiger charge is -2.25. The Morgan fingerprint density at radius 3 is 3.25 bits per heavy atom. The fourth-order valence-corrected chi connectivity index (χ4v) is 2.45. The zero-order chi connectivity index (χ0) is 11.4. The van der Waals surface area contributed by atoms with E-state index in [4.69, 9.17) is 4.74 Å². The van der Waals surface area contributed by atoms with E-state index in [1.807, 2.05) is 6.20 Å². The second kappa shape index (κ2) is 5.46. The molecule has 1 aromatic heterocycles. The van der Waals surface area contributed by atoms with E-state index in [-0.39, 0.29) is 12.6 Å². The number of imidazole rings is 1. The molecule has 0 spiro atoms. The first-order valence-corrected chi connectivity index (χ1v) is 6.01. The molecular formula is C12H20N2O2. The van der Waals surface area contributed by atoms with Gasteiger partial charge in [-0.2, -0.15) is 0 Å². The van der Waals surface area contributed by atoms with Crippen LogP contribution in [0, 0.1) is 0 Å². The molecule has 1 aromatic rings. The van der Waals surface area contributed by atoms with Gasteiger partial charge in [0.15, 0.2) is 0 Å². The Bertz CT molecular complexity index is 336. The van der Waals surface area contributed by atoms with E-state index in [0.717, 1.165) is 44.5 Å².